The molecule has 5 aromatic rings. The maximum atomic E-state index is 14.5. The van der Waals surface area contributed by atoms with Gasteiger partial charge in [0, 0.05) is 16.8 Å². The van der Waals surface area contributed by atoms with Crippen LogP contribution in [0.3, 0.4) is 0 Å². The molecule has 0 aliphatic heterocycles. The van der Waals surface area contributed by atoms with Crippen LogP contribution in [0, 0.1) is 6.92 Å². The highest BCUT2D eigenvalue weighted by Gasteiger charge is 2.40. The predicted octanol–water partition coefficient (Wildman–Crippen LogP) is 5.70. The molecule has 3 aromatic carbocycles. The van der Waals surface area contributed by atoms with E-state index in [0.29, 0.717) is 40.7 Å². The van der Waals surface area contributed by atoms with Crippen molar-refractivity contribution in [2.45, 2.75) is 55.4 Å². The molecule has 2 aromatic heterocycles. The molecular formula is C32H31ClN4O5S2. The molecule has 0 saturated heterocycles. The number of pyridine rings is 1. The molecule has 0 spiro atoms. The van der Waals surface area contributed by atoms with E-state index in [-0.39, 0.29) is 21.3 Å². The topological polar surface area (TPSA) is 131 Å². The van der Waals surface area contributed by atoms with Crippen molar-refractivity contribution in [2.75, 3.05) is 0 Å². The maximum Gasteiger partial charge on any atom is 0.269 e. The van der Waals surface area contributed by atoms with Crippen molar-refractivity contribution < 1.29 is 21.9 Å². The van der Waals surface area contributed by atoms with Gasteiger partial charge in [-0.05, 0) is 81.1 Å². The second-order valence-electron chi connectivity index (χ2n) is 11.5. The highest BCUT2D eigenvalue weighted by molar-refractivity contribution is 7.90. The molecule has 12 heteroatoms. The van der Waals surface area contributed by atoms with E-state index in [1.807, 2.05) is 6.92 Å². The summed E-state index contributed by atoms with van der Waals surface area (Å²) in [5.74, 6) is -0.0657. The van der Waals surface area contributed by atoms with Gasteiger partial charge in [0.05, 0.1) is 32.5 Å². The Bertz CT molecular complexity index is 2100. The smallest absolute Gasteiger partial charge is 0.269 e. The summed E-state index contributed by atoms with van der Waals surface area (Å²) in [5.41, 5.74) is 2.20. The first-order valence-electron chi connectivity index (χ1n) is 14.1. The van der Waals surface area contributed by atoms with E-state index < -0.39 is 36.9 Å². The Hall–Kier alpha value is -3.61. The van der Waals surface area contributed by atoms with Crippen molar-refractivity contribution in [1.29, 1.82) is 0 Å². The number of hydrogen-bond acceptors (Lipinski definition) is 7. The molecule has 44 heavy (non-hydrogen) atoms. The number of sulfonamides is 1. The standard InChI is InChI=1S/C32H31ClN4O5S2/c1-20-11-13-23(14-12-20)44(41,42)37-28-10-6-8-25(27-19-21(17-18-34-27)32(2,3)38)29(28)35-31(37)30(24-7-4-5-9-26(24)33)36-43(39,40)22-15-16-22/h4-14,17-19,22,30,36,38H,15-16H2,1-3H3/t30-/m0/s1. The number of hydrogen-bond donors (Lipinski definition) is 2. The number of aryl methyl sites for hydroxylation is 1. The van der Waals surface area contributed by atoms with Crippen LogP contribution < -0.4 is 4.72 Å². The van der Waals surface area contributed by atoms with Gasteiger partial charge in [0.25, 0.3) is 10.0 Å². The molecule has 9 nitrogen and oxygen atoms in total. The molecular weight excluding hydrogens is 620 g/mol. The van der Waals surface area contributed by atoms with Crippen molar-refractivity contribution in [1.82, 2.24) is 18.7 Å². The van der Waals surface area contributed by atoms with E-state index in [9.17, 15) is 21.9 Å². The monoisotopic (exact) mass is 650 g/mol. The number of aromatic nitrogens is 3. The Labute approximate surface area is 261 Å². The Morgan fingerprint density at radius 2 is 1.68 bits per heavy atom. The molecule has 6 rings (SSSR count). The van der Waals surface area contributed by atoms with E-state index in [1.54, 1.807) is 86.8 Å². The van der Waals surface area contributed by atoms with Gasteiger partial charge in [-0.25, -0.2) is 25.8 Å². The summed E-state index contributed by atoms with van der Waals surface area (Å²) < 4.78 is 59.6. The first kappa shape index (κ1) is 30.4. The lowest BCUT2D eigenvalue weighted by Gasteiger charge is -2.21. The summed E-state index contributed by atoms with van der Waals surface area (Å²) in [5, 5.41) is 10.3. The van der Waals surface area contributed by atoms with Gasteiger partial charge in [0.15, 0.2) is 0 Å². The zero-order valence-corrected chi connectivity index (χ0v) is 26.7. The number of benzene rings is 3. The van der Waals surface area contributed by atoms with E-state index in [2.05, 4.69) is 9.71 Å². The number of nitrogens with zero attached hydrogens (tertiary/aromatic N) is 3. The van der Waals surface area contributed by atoms with Crippen molar-refractivity contribution in [3.05, 3.63) is 113 Å². The fourth-order valence-electron chi connectivity index (χ4n) is 5.11. The van der Waals surface area contributed by atoms with Gasteiger partial charge in [-0.15, -0.1) is 0 Å². The average molecular weight is 651 g/mol. The Morgan fingerprint density at radius 1 is 0.977 bits per heavy atom. The maximum absolute atomic E-state index is 14.5. The minimum atomic E-state index is -4.31. The molecule has 1 atom stereocenters. The van der Waals surface area contributed by atoms with Crippen LogP contribution in [0.25, 0.3) is 22.3 Å². The second kappa shape index (κ2) is 11.1. The number of rotatable bonds is 9. The van der Waals surface area contributed by atoms with Gasteiger partial charge in [-0.3, -0.25) is 4.98 Å². The summed E-state index contributed by atoms with van der Waals surface area (Å²) in [6, 6.07) is 20.4. The molecule has 1 saturated carbocycles. The summed E-state index contributed by atoms with van der Waals surface area (Å²) in [7, 11) is -8.16. The number of aliphatic hydroxyl groups is 1. The van der Waals surface area contributed by atoms with Crippen molar-refractivity contribution in [2.24, 2.45) is 0 Å². The van der Waals surface area contributed by atoms with Gasteiger partial charge in [0.1, 0.15) is 11.9 Å². The van der Waals surface area contributed by atoms with Crippen LogP contribution >= 0.6 is 11.6 Å². The molecule has 0 radical (unpaired) electrons. The number of imidazole rings is 1. The molecule has 1 aliphatic carbocycles. The Balaban J connectivity index is 1.67. The molecule has 0 unspecified atom stereocenters. The molecule has 2 N–H and O–H groups in total. The van der Waals surface area contributed by atoms with Gasteiger partial charge in [0.2, 0.25) is 10.0 Å². The van der Waals surface area contributed by atoms with Gasteiger partial charge >= 0.3 is 0 Å². The predicted molar refractivity (Wildman–Crippen MR) is 170 cm³/mol. The molecule has 2 heterocycles. The molecule has 1 fully saturated rings. The van der Waals surface area contributed by atoms with Crippen LogP contribution in [0.4, 0.5) is 0 Å². The third kappa shape index (κ3) is 5.66. The number of nitrogens with one attached hydrogen (secondary N) is 1. The molecule has 0 amide bonds. The largest absolute Gasteiger partial charge is 0.386 e. The highest BCUT2D eigenvalue weighted by atomic mass is 35.5. The van der Waals surface area contributed by atoms with E-state index in [1.165, 1.54) is 12.1 Å². The minimum Gasteiger partial charge on any atom is -0.386 e. The quantitative estimate of drug-likeness (QED) is 0.209. The number of para-hydroxylation sites is 1. The van der Waals surface area contributed by atoms with E-state index >= 15 is 0 Å². The van der Waals surface area contributed by atoms with Crippen LogP contribution in [0.1, 0.15) is 55.2 Å². The summed E-state index contributed by atoms with van der Waals surface area (Å²) in [6.07, 6.45) is 2.59. The van der Waals surface area contributed by atoms with Crippen LogP contribution in [0.2, 0.25) is 5.02 Å². The van der Waals surface area contributed by atoms with Crippen LogP contribution in [-0.2, 0) is 25.6 Å². The lowest BCUT2D eigenvalue weighted by atomic mass is 9.97. The lowest BCUT2D eigenvalue weighted by Crippen LogP contribution is -2.34. The molecule has 228 valence electrons. The van der Waals surface area contributed by atoms with Gasteiger partial charge < -0.3 is 5.11 Å². The lowest BCUT2D eigenvalue weighted by molar-refractivity contribution is 0.0785. The minimum absolute atomic E-state index is 0.0131. The fraction of sp³-hybridized carbons (Fsp3) is 0.250. The Morgan fingerprint density at radius 3 is 2.34 bits per heavy atom. The third-order valence-corrected chi connectivity index (χ3v) is 11.7. The summed E-state index contributed by atoms with van der Waals surface area (Å²) >= 11 is 6.62. The summed E-state index contributed by atoms with van der Waals surface area (Å²) in [6.45, 7) is 5.18. The normalized spacial score (nSPS) is 15.0. The number of halogens is 1. The zero-order chi connectivity index (χ0) is 31.4. The second-order valence-corrected chi connectivity index (χ2v) is 15.7. The Kier molecular flexibility index (Phi) is 7.66. The number of fused-ring (bicyclic) bond motifs is 1. The first-order chi connectivity index (χ1) is 20.8. The third-order valence-electron chi connectivity index (χ3n) is 7.69. The zero-order valence-electron chi connectivity index (χ0n) is 24.3. The van der Waals surface area contributed by atoms with Crippen LogP contribution in [-0.4, -0.2) is 41.1 Å². The highest BCUT2D eigenvalue weighted by Crippen LogP contribution is 2.38. The van der Waals surface area contributed by atoms with E-state index in [0.717, 1.165) is 9.54 Å². The SMILES string of the molecule is Cc1ccc(S(=O)(=O)n2c([C@@H](NS(=O)(=O)C3CC3)c3ccccc3Cl)nc3c(-c4cc(C(C)(C)O)ccn4)cccc32)cc1. The van der Waals surface area contributed by atoms with Gasteiger partial charge in [-0.2, -0.15) is 4.72 Å². The average Bonchev–Trinajstić information content (AvgIpc) is 3.77. The van der Waals surface area contributed by atoms with Crippen LogP contribution in [0.5, 0.6) is 0 Å². The van der Waals surface area contributed by atoms with Crippen LogP contribution in [0.15, 0.2) is 90.0 Å². The fourth-order valence-corrected chi connectivity index (χ4v) is 8.36. The van der Waals surface area contributed by atoms with Crippen molar-refractivity contribution in [3.8, 4) is 11.3 Å². The first-order valence-corrected chi connectivity index (χ1v) is 17.4. The molecule has 0 bridgehead atoms. The van der Waals surface area contributed by atoms with Gasteiger partial charge in [-0.1, -0.05) is 59.6 Å². The molecule has 1 aliphatic rings. The van der Waals surface area contributed by atoms with Crippen molar-refractivity contribution >= 4 is 42.7 Å². The van der Waals surface area contributed by atoms with E-state index in [4.69, 9.17) is 16.6 Å². The summed E-state index contributed by atoms with van der Waals surface area (Å²) in [4.78, 5) is 9.39. The van der Waals surface area contributed by atoms with Crippen molar-refractivity contribution in [3.63, 3.8) is 0 Å².